The maximum atomic E-state index is 12.2. The average molecular weight is 235 g/mol. The average Bonchev–Trinajstić information content (AvgIpc) is 2.88. The van der Waals surface area contributed by atoms with Crippen LogP contribution in [-0.4, -0.2) is 21.1 Å². The van der Waals surface area contributed by atoms with Crippen LogP contribution in [0.5, 0.6) is 0 Å². The quantitative estimate of drug-likeness (QED) is 0.795. The summed E-state index contributed by atoms with van der Waals surface area (Å²) in [7, 11) is 0. The van der Waals surface area contributed by atoms with E-state index >= 15 is 0 Å². The summed E-state index contributed by atoms with van der Waals surface area (Å²) in [4.78, 5) is 12.2. The van der Waals surface area contributed by atoms with Gasteiger partial charge in [-0.3, -0.25) is 9.48 Å². The molecule has 17 heavy (non-hydrogen) atoms. The van der Waals surface area contributed by atoms with Crippen LogP contribution in [0, 0.1) is 0 Å². The summed E-state index contributed by atoms with van der Waals surface area (Å²) in [5.74, 6) is 0.139. The van der Waals surface area contributed by atoms with E-state index in [1.807, 2.05) is 0 Å². The van der Waals surface area contributed by atoms with E-state index in [1.54, 1.807) is 16.9 Å². The second-order valence-electron chi connectivity index (χ2n) is 5.11. The van der Waals surface area contributed by atoms with Gasteiger partial charge in [-0.15, -0.1) is 0 Å². The molecule has 1 saturated carbocycles. The first kappa shape index (κ1) is 12.3. The predicted molar refractivity (Wildman–Crippen MR) is 66.9 cm³/mol. The molecule has 0 amide bonds. The van der Waals surface area contributed by atoms with E-state index < -0.39 is 0 Å². The zero-order valence-corrected chi connectivity index (χ0v) is 10.5. The molecule has 0 spiro atoms. The number of aryl methyl sites for hydroxylation is 1. The Morgan fingerprint density at radius 3 is 2.88 bits per heavy atom. The van der Waals surface area contributed by atoms with Gasteiger partial charge >= 0.3 is 0 Å². The third-order valence-electron chi connectivity index (χ3n) is 3.55. The Morgan fingerprint density at radius 2 is 2.24 bits per heavy atom. The third kappa shape index (κ3) is 2.75. The predicted octanol–water partition coefficient (Wildman–Crippen LogP) is 2.14. The largest absolute Gasteiger partial charge is 0.325 e. The Kier molecular flexibility index (Phi) is 3.62. The van der Waals surface area contributed by atoms with Crippen LogP contribution in [0.4, 0.5) is 0 Å². The first-order chi connectivity index (χ1) is 8.14. The fourth-order valence-corrected chi connectivity index (χ4v) is 2.63. The van der Waals surface area contributed by atoms with Crippen LogP contribution < -0.4 is 5.73 Å². The van der Waals surface area contributed by atoms with E-state index in [1.165, 1.54) is 0 Å². The molecule has 0 radical (unpaired) electrons. The van der Waals surface area contributed by atoms with Gasteiger partial charge in [-0.2, -0.15) is 5.10 Å². The molecule has 0 unspecified atom stereocenters. The van der Waals surface area contributed by atoms with Crippen molar-refractivity contribution in [1.29, 1.82) is 0 Å². The van der Waals surface area contributed by atoms with Crippen molar-refractivity contribution in [2.45, 2.75) is 57.5 Å². The minimum absolute atomic E-state index is 0.139. The van der Waals surface area contributed by atoms with E-state index in [9.17, 15) is 4.79 Å². The normalized spacial score (nSPS) is 18.5. The Balaban J connectivity index is 2.06. The molecule has 2 N–H and O–H groups in total. The summed E-state index contributed by atoms with van der Waals surface area (Å²) in [5.41, 5.74) is 6.69. The van der Waals surface area contributed by atoms with Crippen LogP contribution >= 0.6 is 0 Å². The monoisotopic (exact) mass is 235 g/mol. The molecule has 1 aliphatic rings. The standard InChI is InChI=1S/C13H21N3O/c1-2-9-16-11(5-8-15-16)12(17)10-13(14)6-3-4-7-13/h5,8H,2-4,6-7,9-10,14H2,1H3. The summed E-state index contributed by atoms with van der Waals surface area (Å²) < 4.78 is 1.79. The zero-order valence-electron chi connectivity index (χ0n) is 10.5. The lowest BCUT2D eigenvalue weighted by Gasteiger charge is -2.22. The van der Waals surface area contributed by atoms with E-state index in [4.69, 9.17) is 5.73 Å². The lowest BCUT2D eigenvalue weighted by atomic mass is 9.91. The van der Waals surface area contributed by atoms with Gasteiger partial charge in [-0.25, -0.2) is 0 Å². The number of carbonyl (C=O) groups excluding carboxylic acids is 1. The first-order valence-corrected chi connectivity index (χ1v) is 6.48. The van der Waals surface area contributed by atoms with Gasteiger partial charge in [0.05, 0.1) is 0 Å². The molecule has 0 saturated heterocycles. The van der Waals surface area contributed by atoms with Crippen LogP contribution in [0.25, 0.3) is 0 Å². The lowest BCUT2D eigenvalue weighted by Crippen LogP contribution is -2.39. The Morgan fingerprint density at radius 1 is 1.53 bits per heavy atom. The molecule has 4 heteroatoms. The SMILES string of the molecule is CCCn1nccc1C(=O)CC1(N)CCCC1. The highest BCUT2D eigenvalue weighted by atomic mass is 16.1. The maximum absolute atomic E-state index is 12.2. The van der Waals surface area contributed by atoms with Crippen LogP contribution in [-0.2, 0) is 6.54 Å². The topological polar surface area (TPSA) is 60.9 Å². The number of aromatic nitrogens is 2. The summed E-state index contributed by atoms with van der Waals surface area (Å²) in [5, 5.41) is 4.18. The fourth-order valence-electron chi connectivity index (χ4n) is 2.63. The summed E-state index contributed by atoms with van der Waals surface area (Å²) in [6.45, 7) is 2.88. The maximum Gasteiger partial charge on any atom is 0.182 e. The van der Waals surface area contributed by atoms with Crippen LogP contribution in [0.2, 0.25) is 0 Å². The second kappa shape index (κ2) is 5.00. The Bertz CT molecular complexity index is 391. The molecule has 94 valence electrons. The summed E-state index contributed by atoms with van der Waals surface area (Å²) in [6, 6.07) is 1.80. The van der Waals surface area contributed by atoms with Crippen molar-refractivity contribution in [2.75, 3.05) is 0 Å². The van der Waals surface area contributed by atoms with Gasteiger partial charge in [0.1, 0.15) is 5.69 Å². The fraction of sp³-hybridized carbons (Fsp3) is 0.692. The van der Waals surface area contributed by atoms with Gasteiger partial charge in [0, 0.05) is 24.7 Å². The number of carbonyl (C=O) groups is 1. The Hall–Kier alpha value is -1.16. The van der Waals surface area contributed by atoms with Gasteiger partial charge in [0.2, 0.25) is 0 Å². The van der Waals surface area contributed by atoms with Crippen molar-refractivity contribution in [3.63, 3.8) is 0 Å². The van der Waals surface area contributed by atoms with Crippen molar-refractivity contribution in [1.82, 2.24) is 9.78 Å². The highest BCUT2D eigenvalue weighted by molar-refractivity contribution is 5.95. The number of rotatable bonds is 5. The highest BCUT2D eigenvalue weighted by Gasteiger charge is 2.32. The molecule has 0 aliphatic heterocycles. The molecule has 0 bridgehead atoms. The molecule has 4 nitrogen and oxygen atoms in total. The minimum atomic E-state index is -0.265. The van der Waals surface area contributed by atoms with Gasteiger partial charge in [-0.05, 0) is 25.3 Å². The molecule has 1 aromatic heterocycles. The van der Waals surface area contributed by atoms with Gasteiger partial charge in [0.15, 0.2) is 5.78 Å². The molecule has 1 aliphatic carbocycles. The molecule has 1 heterocycles. The van der Waals surface area contributed by atoms with Gasteiger partial charge in [0.25, 0.3) is 0 Å². The van der Waals surface area contributed by atoms with Crippen molar-refractivity contribution in [3.05, 3.63) is 18.0 Å². The van der Waals surface area contributed by atoms with Crippen molar-refractivity contribution >= 4 is 5.78 Å². The van der Waals surface area contributed by atoms with E-state index in [0.29, 0.717) is 12.1 Å². The van der Waals surface area contributed by atoms with Crippen LogP contribution in [0.15, 0.2) is 12.3 Å². The number of hydrogen-bond donors (Lipinski definition) is 1. The number of nitrogens with two attached hydrogens (primary N) is 1. The van der Waals surface area contributed by atoms with E-state index in [2.05, 4.69) is 12.0 Å². The molecule has 1 fully saturated rings. The van der Waals surface area contributed by atoms with Gasteiger partial charge < -0.3 is 5.73 Å². The summed E-state index contributed by atoms with van der Waals surface area (Å²) in [6.07, 6.45) is 7.39. The minimum Gasteiger partial charge on any atom is -0.325 e. The molecule has 0 atom stereocenters. The number of hydrogen-bond acceptors (Lipinski definition) is 3. The zero-order chi connectivity index (χ0) is 12.3. The summed E-state index contributed by atoms with van der Waals surface area (Å²) >= 11 is 0. The van der Waals surface area contributed by atoms with Crippen molar-refractivity contribution < 1.29 is 4.79 Å². The van der Waals surface area contributed by atoms with E-state index in [-0.39, 0.29) is 11.3 Å². The second-order valence-corrected chi connectivity index (χ2v) is 5.11. The van der Waals surface area contributed by atoms with Crippen molar-refractivity contribution in [2.24, 2.45) is 5.73 Å². The molecule has 0 aromatic carbocycles. The van der Waals surface area contributed by atoms with Crippen LogP contribution in [0.3, 0.4) is 0 Å². The number of nitrogens with zero attached hydrogens (tertiary/aromatic N) is 2. The first-order valence-electron chi connectivity index (χ1n) is 6.48. The highest BCUT2D eigenvalue weighted by Crippen LogP contribution is 2.31. The molecular formula is C13H21N3O. The third-order valence-corrected chi connectivity index (χ3v) is 3.55. The van der Waals surface area contributed by atoms with Crippen molar-refractivity contribution in [3.8, 4) is 0 Å². The lowest BCUT2D eigenvalue weighted by molar-refractivity contribution is 0.0941. The van der Waals surface area contributed by atoms with Crippen LogP contribution in [0.1, 0.15) is 55.9 Å². The number of ketones is 1. The van der Waals surface area contributed by atoms with E-state index in [0.717, 1.165) is 38.6 Å². The Labute approximate surface area is 102 Å². The molecule has 2 rings (SSSR count). The molecular weight excluding hydrogens is 214 g/mol. The number of Topliss-reactive ketones (excluding diaryl/α,β-unsaturated/α-hetero) is 1. The van der Waals surface area contributed by atoms with Gasteiger partial charge in [-0.1, -0.05) is 19.8 Å². The molecule has 1 aromatic rings. The smallest absolute Gasteiger partial charge is 0.182 e.